The molecule has 5 rings (SSSR count). The number of benzene rings is 2. The first-order chi connectivity index (χ1) is 14.8. The number of phenolic OH excluding ortho intramolecular Hbond substituents is 1. The van der Waals surface area contributed by atoms with E-state index in [1.807, 2.05) is 33.8 Å². The molecule has 2 aromatic heterocycles. The average molecular weight is 433 g/mol. The van der Waals surface area contributed by atoms with E-state index in [2.05, 4.69) is 4.98 Å². The molecule has 156 valence electrons. The quantitative estimate of drug-likeness (QED) is 0.485. The van der Waals surface area contributed by atoms with Crippen LogP contribution in [0.3, 0.4) is 0 Å². The third-order valence-electron chi connectivity index (χ3n) is 5.92. The Kier molecular flexibility index (Phi) is 4.27. The lowest BCUT2D eigenvalue weighted by molar-refractivity contribution is 0.0971. The maximum Gasteiger partial charge on any atom is 0.297 e. The van der Waals surface area contributed by atoms with Crippen LogP contribution < -0.4 is 10.3 Å². The van der Waals surface area contributed by atoms with E-state index in [9.17, 15) is 14.7 Å². The topological polar surface area (TPSA) is 83.6 Å². The van der Waals surface area contributed by atoms with Crippen molar-refractivity contribution in [3.8, 4) is 5.75 Å². The second-order valence-electron chi connectivity index (χ2n) is 7.91. The first-order valence-electron chi connectivity index (χ1n) is 9.90. The molecule has 1 aliphatic rings. The van der Waals surface area contributed by atoms with Gasteiger partial charge in [0, 0.05) is 4.88 Å². The van der Waals surface area contributed by atoms with E-state index in [0.29, 0.717) is 27.2 Å². The number of hydrogen-bond acceptors (Lipinski definition) is 6. The van der Waals surface area contributed by atoms with Crippen LogP contribution in [0, 0.1) is 27.7 Å². The van der Waals surface area contributed by atoms with Gasteiger partial charge in [-0.25, -0.2) is 4.98 Å². The highest BCUT2D eigenvalue weighted by Crippen LogP contribution is 2.43. The first-order valence-corrected chi connectivity index (χ1v) is 10.7. The largest absolute Gasteiger partial charge is 0.508 e. The van der Waals surface area contributed by atoms with Gasteiger partial charge in [0.05, 0.1) is 22.7 Å². The molecule has 1 atom stereocenters. The lowest BCUT2D eigenvalue weighted by atomic mass is 9.97. The number of aromatic hydroxyl groups is 1. The van der Waals surface area contributed by atoms with Crippen LogP contribution in [0.25, 0.3) is 11.0 Å². The van der Waals surface area contributed by atoms with Crippen molar-refractivity contribution in [2.45, 2.75) is 33.7 Å². The summed E-state index contributed by atoms with van der Waals surface area (Å²) in [5.41, 5.74) is 3.98. The third kappa shape index (κ3) is 2.88. The minimum Gasteiger partial charge on any atom is -0.508 e. The molecule has 7 heteroatoms. The summed E-state index contributed by atoms with van der Waals surface area (Å²) in [7, 11) is 0. The molecule has 0 saturated carbocycles. The lowest BCUT2D eigenvalue weighted by Crippen LogP contribution is -2.29. The summed E-state index contributed by atoms with van der Waals surface area (Å²) in [6, 6.07) is 9.45. The van der Waals surface area contributed by atoms with Crippen molar-refractivity contribution >= 4 is 33.3 Å². The number of aromatic nitrogens is 1. The Hall–Kier alpha value is -3.45. The molecular formula is C24H20N2O4S. The average Bonchev–Trinajstić information content (AvgIpc) is 3.21. The molecule has 0 spiro atoms. The van der Waals surface area contributed by atoms with Crippen molar-refractivity contribution in [1.29, 1.82) is 0 Å². The molecule has 6 nitrogen and oxygen atoms in total. The van der Waals surface area contributed by atoms with Gasteiger partial charge < -0.3 is 9.52 Å². The number of amides is 1. The second-order valence-corrected chi connectivity index (χ2v) is 9.10. The van der Waals surface area contributed by atoms with Crippen molar-refractivity contribution in [3.63, 3.8) is 0 Å². The number of aryl methyl sites for hydroxylation is 4. The number of phenols is 1. The van der Waals surface area contributed by atoms with Crippen LogP contribution in [0.15, 0.2) is 45.6 Å². The van der Waals surface area contributed by atoms with Crippen LogP contribution in [-0.2, 0) is 0 Å². The fraction of sp³-hybridized carbons (Fsp3) is 0.208. The van der Waals surface area contributed by atoms with Crippen molar-refractivity contribution in [2.24, 2.45) is 0 Å². The van der Waals surface area contributed by atoms with Gasteiger partial charge in [-0.05, 0) is 68.7 Å². The van der Waals surface area contributed by atoms with Crippen LogP contribution in [0.2, 0.25) is 0 Å². The Balaban J connectivity index is 1.83. The van der Waals surface area contributed by atoms with Gasteiger partial charge in [0.25, 0.3) is 5.91 Å². The van der Waals surface area contributed by atoms with Gasteiger partial charge in [0.2, 0.25) is 5.76 Å². The number of carbonyl (C=O) groups is 1. The number of hydrogen-bond donors (Lipinski definition) is 1. The van der Waals surface area contributed by atoms with Gasteiger partial charge in [-0.1, -0.05) is 12.1 Å². The molecule has 0 fully saturated rings. The molecule has 1 N–H and O–H groups in total. The summed E-state index contributed by atoms with van der Waals surface area (Å²) >= 11 is 1.40. The summed E-state index contributed by atoms with van der Waals surface area (Å²) in [6.45, 7) is 7.72. The Morgan fingerprint density at radius 1 is 1.03 bits per heavy atom. The molecule has 3 heterocycles. The monoisotopic (exact) mass is 432 g/mol. The zero-order valence-electron chi connectivity index (χ0n) is 17.5. The fourth-order valence-corrected chi connectivity index (χ4v) is 4.89. The van der Waals surface area contributed by atoms with Crippen molar-refractivity contribution in [1.82, 2.24) is 4.98 Å². The Morgan fingerprint density at radius 2 is 1.71 bits per heavy atom. The maximum atomic E-state index is 13.6. The highest BCUT2D eigenvalue weighted by Gasteiger charge is 2.45. The van der Waals surface area contributed by atoms with E-state index in [0.717, 1.165) is 21.7 Å². The molecule has 1 unspecified atom stereocenters. The van der Waals surface area contributed by atoms with Gasteiger partial charge >= 0.3 is 0 Å². The summed E-state index contributed by atoms with van der Waals surface area (Å²) in [5, 5.41) is 10.7. The summed E-state index contributed by atoms with van der Waals surface area (Å²) in [6.07, 6.45) is 0. The smallest absolute Gasteiger partial charge is 0.297 e. The fourth-order valence-electron chi connectivity index (χ4n) is 3.96. The number of thiazole rings is 1. The number of rotatable bonds is 2. The molecule has 0 aliphatic carbocycles. The molecular weight excluding hydrogens is 412 g/mol. The van der Waals surface area contributed by atoms with E-state index in [4.69, 9.17) is 4.42 Å². The third-order valence-corrected chi connectivity index (χ3v) is 6.99. The van der Waals surface area contributed by atoms with E-state index in [1.54, 1.807) is 30.3 Å². The van der Waals surface area contributed by atoms with Crippen LogP contribution in [-0.4, -0.2) is 16.0 Å². The van der Waals surface area contributed by atoms with Crippen molar-refractivity contribution in [3.05, 3.63) is 85.2 Å². The minimum atomic E-state index is -0.685. The van der Waals surface area contributed by atoms with Crippen LogP contribution in [0.5, 0.6) is 5.75 Å². The van der Waals surface area contributed by atoms with Gasteiger partial charge in [-0.15, -0.1) is 11.3 Å². The van der Waals surface area contributed by atoms with Crippen LogP contribution in [0.4, 0.5) is 5.13 Å². The van der Waals surface area contributed by atoms with Crippen LogP contribution in [0.1, 0.15) is 49.4 Å². The second kappa shape index (κ2) is 6.78. The summed E-state index contributed by atoms with van der Waals surface area (Å²) < 4.78 is 6.03. The molecule has 0 saturated heterocycles. The maximum absolute atomic E-state index is 13.6. The summed E-state index contributed by atoms with van der Waals surface area (Å²) in [4.78, 5) is 34.3. The van der Waals surface area contributed by atoms with Gasteiger partial charge in [-0.3, -0.25) is 14.5 Å². The molecule has 1 aliphatic heterocycles. The molecule has 31 heavy (non-hydrogen) atoms. The predicted molar refractivity (Wildman–Crippen MR) is 120 cm³/mol. The van der Waals surface area contributed by atoms with E-state index in [-0.39, 0.29) is 22.8 Å². The molecule has 0 radical (unpaired) electrons. The van der Waals surface area contributed by atoms with Crippen LogP contribution >= 0.6 is 11.3 Å². The zero-order chi connectivity index (χ0) is 22.0. The highest BCUT2D eigenvalue weighted by molar-refractivity contribution is 7.15. The normalized spacial score (nSPS) is 15.7. The SMILES string of the molecule is Cc1cc2oc3c(c(=O)c2cc1C)C(c1ccc(O)cc1)N(c1nc(C)c(C)s1)C3=O. The Bertz CT molecular complexity index is 1410. The van der Waals surface area contributed by atoms with Gasteiger partial charge in [-0.2, -0.15) is 0 Å². The number of anilines is 1. The van der Waals surface area contributed by atoms with E-state index in [1.165, 1.54) is 16.2 Å². The Morgan fingerprint density at radius 3 is 2.35 bits per heavy atom. The van der Waals surface area contributed by atoms with E-state index < -0.39 is 6.04 Å². The summed E-state index contributed by atoms with van der Waals surface area (Å²) in [5.74, 6) is -0.235. The predicted octanol–water partition coefficient (Wildman–Crippen LogP) is 4.94. The number of nitrogens with zero attached hydrogens (tertiary/aromatic N) is 2. The van der Waals surface area contributed by atoms with Gasteiger partial charge in [0.15, 0.2) is 10.6 Å². The van der Waals surface area contributed by atoms with E-state index >= 15 is 0 Å². The molecule has 2 aromatic carbocycles. The van der Waals surface area contributed by atoms with Crippen molar-refractivity contribution in [2.75, 3.05) is 4.90 Å². The number of carbonyl (C=O) groups excluding carboxylic acids is 1. The molecule has 0 bridgehead atoms. The first kappa shape index (κ1) is 19.5. The Labute approximate surface area is 182 Å². The minimum absolute atomic E-state index is 0.0457. The number of fused-ring (bicyclic) bond motifs is 2. The molecule has 1 amide bonds. The van der Waals surface area contributed by atoms with Gasteiger partial charge in [0.1, 0.15) is 11.3 Å². The lowest BCUT2D eigenvalue weighted by Gasteiger charge is -2.22. The van der Waals surface area contributed by atoms with Crippen molar-refractivity contribution < 1.29 is 14.3 Å². The standard InChI is InChI=1S/C24H20N2O4S/c1-11-9-17-18(10-12(11)2)30-22-19(21(17)28)20(15-5-7-16(27)8-6-15)26(23(22)29)24-25-13(3)14(4)31-24/h5-10,20,27H,1-4H3. The highest BCUT2D eigenvalue weighted by atomic mass is 32.1. The zero-order valence-corrected chi connectivity index (χ0v) is 18.3. The molecule has 4 aromatic rings.